The Balaban J connectivity index is 1.42. The van der Waals surface area contributed by atoms with Crippen LogP contribution in [0, 0.1) is 0 Å². The van der Waals surface area contributed by atoms with E-state index in [2.05, 4.69) is 5.48 Å². The van der Waals surface area contributed by atoms with Crippen LogP contribution in [-0.4, -0.2) is 24.6 Å². The largest absolute Gasteiger partial charge is 0.350 e. The summed E-state index contributed by atoms with van der Waals surface area (Å²) >= 11 is 0. The van der Waals surface area contributed by atoms with Crippen molar-refractivity contribution in [2.75, 3.05) is 6.61 Å². The fraction of sp³-hybridized carbons (Fsp3) is 0.556. The topological polar surface area (TPSA) is 64.6 Å². The summed E-state index contributed by atoms with van der Waals surface area (Å²) in [7, 11) is 0. The summed E-state index contributed by atoms with van der Waals surface area (Å²) in [5, 5.41) is 0. The Hall–Kier alpha value is -1.72. The monoisotopic (exact) mass is 317 g/mol. The van der Waals surface area contributed by atoms with Gasteiger partial charge in [-0.25, -0.2) is 10.3 Å². The van der Waals surface area contributed by atoms with Crippen molar-refractivity contribution >= 4 is 11.7 Å². The van der Waals surface area contributed by atoms with E-state index in [9.17, 15) is 9.59 Å². The van der Waals surface area contributed by atoms with Crippen LogP contribution in [0.2, 0.25) is 0 Å². The molecule has 1 aliphatic heterocycles. The number of carbonyl (C=O) groups excluding carboxylic acids is 2. The Bertz CT molecular complexity index is 578. The maximum absolute atomic E-state index is 12.2. The van der Waals surface area contributed by atoms with E-state index in [1.165, 1.54) is 11.1 Å². The molecule has 2 aliphatic rings. The minimum atomic E-state index is -0.361. The van der Waals surface area contributed by atoms with Gasteiger partial charge in [0.25, 0.3) is 0 Å². The Morgan fingerprint density at radius 1 is 1.13 bits per heavy atom. The molecule has 0 unspecified atom stereocenters. The number of nitrogens with one attached hydrogen (secondary N) is 1. The van der Waals surface area contributed by atoms with Gasteiger partial charge in [0.2, 0.25) is 5.91 Å². The van der Waals surface area contributed by atoms with Crippen molar-refractivity contribution in [2.24, 2.45) is 0 Å². The van der Waals surface area contributed by atoms with Crippen LogP contribution in [0.4, 0.5) is 0 Å². The molecular formula is C18H23NO4. The first-order valence-electron chi connectivity index (χ1n) is 8.43. The molecular weight excluding hydrogens is 294 g/mol. The molecule has 0 aromatic heterocycles. The van der Waals surface area contributed by atoms with E-state index in [0.717, 1.165) is 38.5 Å². The van der Waals surface area contributed by atoms with E-state index < -0.39 is 0 Å². The molecule has 1 aromatic carbocycles. The second-order valence-electron chi connectivity index (χ2n) is 6.20. The number of ketones is 1. The second kappa shape index (κ2) is 7.70. The standard InChI is InChI=1S/C18H23NO4/c20-16(15-8-7-13-4-3-5-14(13)12-15)9-10-17(21)19-23-18-6-1-2-11-22-18/h7-8,12,18H,1-6,9-11H2,(H,19,21)/t18-/m0/s1. The first-order chi connectivity index (χ1) is 11.2. The van der Waals surface area contributed by atoms with Crippen molar-refractivity contribution in [2.45, 2.75) is 57.7 Å². The van der Waals surface area contributed by atoms with E-state index in [1.807, 2.05) is 18.2 Å². The van der Waals surface area contributed by atoms with Crippen LogP contribution < -0.4 is 5.48 Å². The van der Waals surface area contributed by atoms with Crippen molar-refractivity contribution in [1.82, 2.24) is 5.48 Å². The number of rotatable bonds is 6. The molecule has 1 aliphatic carbocycles. The van der Waals surface area contributed by atoms with Gasteiger partial charge < -0.3 is 4.74 Å². The van der Waals surface area contributed by atoms with Crippen molar-refractivity contribution in [3.8, 4) is 0 Å². The number of ether oxygens (including phenoxy) is 1. The van der Waals surface area contributed by atoms with Gasteiger partial charge in [0.1, 0.15) is 0 Å². The molecule has 0 spiro atoms. The number of benzene rings is 1. The highest BCUT2D eigenvalue weighted by molar-refractivity contribution is 5.98. The number of amides is 1. The molecule has 1 fully saturated rings. The number of fused-ring (bicyclic) bond motifs is 1. The Morgan fingerprint density at radius 3 is 2.83 bits per heavy atom. The maximum atomic E-state index is 12.2. The van der Waals surface area contributed by atoms with Crippen LogP contribution in [0.25, 0.3) is 0 Å². The number of carbonyl (C=O) groups is 2. The van der Waals surface area contributed by atoms with Crippen LogP contribution in [0.15, 0.2) is 18.2 Å². The molecule has 23 heavy (non-hydrogen) atoms. The van der Waals surface area contributed by atoms with Gasteiger partial charge in [-0.15, -0.1) is 0 Å². The zero-order chi connectivity index (χ0) is 16.1. The molecule has 124 valence electrons. The summed E-state index contributed by atoms with van der Waals surface area (Å²) in [6, 6.07) is 5.89. The quantitative estimate of drug-likeness (QED) is 0.647. The minimum absolute atomic E-state index is 0.00349. The van der Waals surface area contributed by atoms with Gasteiger partial charge in [0.05, 0.1) is 0 Å². The molecule has 0 radical (unpaired) electrons. The van der Waals surface area contributed by atoms with Gasteiger partial charge in [-0.3, -0.25) is 9.59 Å². The molecule has 1 amide bonds. The lowest BCUT2D eigenvalue weighted by atomic mass is 10.0. The third-order valence-corrected chi connectivity index (χ3v) is 4.44. The summed E-state index contributed by atoms with van der Waals surface area (Å²) in [6.45, 7) is 0.664. The van der Waals surface area contributed by atoms with Crippen LogP contribution in [0.5, 0.6) is 0 Å². The van der Waals surface area contributed by atoms with E-state index in [1.54, 1.807) is 0 Å². The van der Waals surface area contributed by atoms with Gasteiger partial charge in [0, 0.05) is 31.4 Å². The Morgan fingerprint density at radius 2 is 2.00 bits per heavy atom. The predicted octanol–water partition coefficient (Wildman–Crippen LogP) is 2.71. The lowest BCUT2D eigenvalue weighted by Gasteiger charge is -2.22. The molecule has 0 saturated carbocycles. The van der Waals surface area contributed by atoms with Gasteiger partial charge in [0.15, 0.2) is 12.1 Å². The molecule has 1 saturated heterocycles. The number of Topliss-reactive ketones (excluding diaryl/α,β-unsaturated/α-hetero) is 1. The van der Waals surface area contributed by atoms with E-state index in [0.29, 0.717) is 12.2 Å². The van der Waals surface area contributed by atoms with Crippen LogP contribution in [0.3, 0.4) is 0 Å². The van der Waals surface area contributed by atoms with Crippen LogP contribution in [-0.2, 0) is 27.2 Å². The van der Waals surface area contributed by atoms with Gasteiger partial charge in [-0.05, 0) is 49.3 Å². The SMILES string of the molecule is O=C(CCC(=O)c1ccc2c(c1)CCC2)NO[C@H]1CCCCO1. The number of hydrogen-bond donors (Lipinski definition) is 1. The fourth-order valence-corrected chi connectivity index (χ4v) is 3.10. The first kappa shape index (κ1) is 16.1. The normalized spacial score (nSPS) is 20.1. The summed E-state index contributed by atoms with van der Waals surface area (Å²) in [4.78, 5) is 29.2. The smallest absolute Gasteiger partial charge is 0.244 e. The molecule has 1 N–H and O–H groups in total. The zero-order valence-corrected chi connectivity index (χ0v) is 13.3. The third-order valence-electron chi connectivity index (χ3n) is 4.44. The molecule has 1 aromatic rings. The molecule has 5 heteroatoms. The number of hydrogen-bond acceptors (Lipinski definition) is 4. The maximum Gasteiger partial charge on any atom is 0.244 e. The summed E-state index contributed by atoms with van der Waals surface area (Å²) in [5.41, 5.74) is 5.71. The predicted molar refractivity (Wildman–Crippen MR) is 84.9 cm³/mol. The van der Waals surface area contributed by atoms with E-state index in [-0.39, 0.29) is 30.8 Å². The highest BCUT2D eigenvalue weighted by atomic mass is 16.8. The Kier molecular flexibility index (Phi) is 5.41. The fourth-order valence-electron chi connectivity index (χ4n) is 3.10. The lowest BCUT2D eigenvalue weighted by molar-refractivity contribution is -0.200. The Labute approximate surface area is 136 Å². The average molecular weight is 317 g/mol. The second-order valence-corrected chi connectivity index (χ2v) is 6.20. The molecule has 3 rings (SSSR count). The lowest BCUT2D eigenvalue weighted by Crippen LogP contribution is -2.33. The molecule has 1 atom stereocenters. The highest BCUT2D eigenvalue weighted by Crippen LogP contribution is 2.23. The van der Waals surface area contributed by atoms with Crippen LogP contribution in [0.1, 0.15) is 60.0 Å². The molecule has 1 heterocycles. The number of hydroxylamine groups is 1. The van der Waals surface area contributed by atoms with Crippen LogP contribution >= 0.6 is 0 Å². The minimum Gasteiger partial charge on any atom is -0.350 e. The van der Waals surface area contributed by atoms with Gasteiger partial charge >= 0.3 is 0 Å². The summed E-state index contributed by atoms with van der Waals surface area (Å²) < 4.78 is 5.36. The summed E-state index contributed by atoms with van der Waals surface area (Å²) in [6.07, 6.45) is 6.13. The molecule has 5 nitrogen and oxygen atoms in total. The number of aryl methyl sites for hydroxylation is 2. The van der Waals surface area contributed by atoms with Crippen molar-refractivity contribution < 1.29 is 19.2 Å². The zero-order valence-electron chi connectivity index (χ0n) is 13.3. The van der Waals surface area contributed by atoms with Crippen molar-refractivity contribution in [3.05, 3.63) is 34.9 Å². The molecule has 0 bridgehead atoms. The van der Waals surface area contributed by atoms with Gasteiger partial charge in [-0.2, -0.15) is 0 Å². The van der Waals surface area contributed by atoms with Crippen molar-refractivity contribution in [3.63, 3.8) is 0 Å². The average Bonchev–Trinajstić information content (AvgIpc) is 3.06. The first-order valence-corrected chi connectivity index (χ1v) is 8.43. The van der Waals surface area contributed by atoms with E-state index in [4.69, 9.17) is 9.57 Å². The highest BCUT2D eigenvalue weighted by Gasteiger charge is 2.17. The van der Waals surface area contributed by atoms with E-state index >= 15 is 0 Å². The summed E-state index contributed by atoms with van der Waals surface area (Å²) in [5.74, 6) is -0.280. The van der Waals surface area contributed by atoms with Crippen molar-refractivity contribution in [1.29, 1.82) is 0 Å². The van der Waals surface area contributed by atoms with Gasteiger partial charge in [-0.1, -0.05) is 12.1 Å². The third kappa shape index (κ3) is 4.39.